The highest BCUT2D eigenvalue weighted by Crippen LogP contribution is 2.30. The molecule has 0 bridgehead atoms. The first-order valence-electron chi connectivity index (χ1n) is 5.29. The third-order valence-corrected chi connectivity index (χ3v) is 2.70. The van der Waals surface area contributed by atoms with Crippen LogP contribution in [-0.4, -0.2) is 11.6 Å². The summed E-state index contributed by atoms with van der Waals surface area (Å²) >= 11 is 0. The van der Waals surface area contributed by atoms with Crippen LogP contribution in [0.4, 0.5) is 0 Å². The Kier molecular flexibility index (Phi) is 5.51. The molecule has 0 saturated carbocycles. The molecule has 1 atom stereocenters. The van der Waals surface area contributed by atoms with Gasteiger partial charge in [0.05, 0.1) is 0 Å². The molecule has 82 valence electrons. The third kappa shape index (κ3) is 3.52. The number of hydrogen-bond acceptors (Lipinski definition) is 2. The van der Waals surface area contributed by atoms with Gasteiger partial charge >= 0.3 is 5.97 Å². The zero-order valence-electron chi connectivity index (χ0n) is 9.96. The van der Waals surface area contributed by atoms with Crippen LogP contribution in [0, 0.1) is 5.92 Å². The van der Waals surface area contributed by atoms with Crippen molar-refractivity contribution in [2.45, 2.75) is 53.1 Å². The molecule has 0 saturated heterocycles. The van der Waals surface area contributed by atoms with Crippen LogP contribution in [-0.2, 0) is 9.53 Å². The summed E-state index contributed by atoms with van der Waals surface area (Å²) < 4.78 is 5.46. The highest BCUT2D eigenvalue weighted by molar-refractivity contribution is 5.66. The molecule has 0 amide bonds. The van der Waals surface area contributed by atoms with Gasteiger partial charge in [-0.05, 0) is 19.3 Å². The first kappa shape index (κ1) is 13.2. The van der Waals surface area contributed by atoms with Crippen molar-refractivity contribution in [3.8, 4) is 0 Å². The molecular formula is C12H22O2. The molecule has 1 unspecified atom stereocenters. The number of ether oxygens (including phenoxy) is 1. The van der Waals surface area contributed by atoms with Gasteiger partial charge < -0.3 is 4.74 Å². The van der Waals surface area contributed by atoms with E-state index in [1.807, 2.05) is 13.0 Å². The minimum atomic E-state index is -0.321. The number of allylic oxidation sites excluding steroid dienone is 1. The van der Waals surface area contributed by atoms with Gasteiger partial charge in [-0.3, -0.25) is 4.79 Å². The van der Waals surface area contributed by atoms with Crippen molar-refractivity contribution in [3.05, 3.63) is 12.2 Å². The molecule has 0 aromatic heterocycles. The van der Waals surface area contributed by atoms with E-state index in [9.17, 15) is 4.79 Å². The maximum absolute atomic E-state index is 11.0. The third-order valence-electron chi connectivity index (χ3n) is 2.70. The van der Waals surface area contributed by atoms with E-state index in [1.54, 1.807) is 0 Å². The molecule has 0 aromatic carbocycles. The van der Waals surface area contributed by atoms with E-state index in [4.69, 9.17) is 4.74 Å². The van der Waals surface area contributed by atoms with Gasteiger partial charge in [0, 0.05) is 13.3 Å². The lowest BCUT2D eigenvalue weighted by Gasteiger charge is -2.35. The summed E-state index contributed by atoms with van der Waals surface area (Å²) in [6, 6.07) is 0. The maximum Gasteiger partial charge on any atom is 0.303 e. The number of carbonyl (C=O) groups excluding carboxylic acids is 1. The standard InChI is InChI=1S/C12H22O2/c1-6-8-9-12(7-2,10(3)4)14-11(5)13/h6,8,10H,7,9H2,1-5H3. The van der Waals surface area contributed by atoms with E-state index < -0.39 is 0 Å². The summed E-state index contributed by atoms with van der Waals surface area (Å²) in [6.07, 6.45) is 5.72. The Morgan fingerprint density at radius 2 is 2.07 bits per heavy atom. The predicted octanol–water partition coefficient (Wildman–Crippen LogP) is 3.32. The van der Waals surface area contributed by atoms with Crippen LogP contribution in [0.1, 0.15) is 47.5 Å². The van der Waals surface area contributed by atoms with Gasteiger partial charge in [0.15, 0.2) is 0 Å². The number of esters is 1. The van der Waals surface area contributed by atoms with Gasteiger partial charge in [0.25, 0.3) is 0 Å². The molecule has 0 aliphatic rings. The van der Waals surface area contributed by atoms with E-state index >= 15 is 0 Å². The second kappa shape index (κ2) is 5.84. The van der Waals surface area contributed by atoms with Crippen molar-refractivity contribution in [1.29, 1.82) is 0 Å². The zero-order valence-corrected chi connectivity index (χ0v) is 9.96. The highest BCUT2D eigenvalue weighted by Gasteiger charge is 2.33. The number of carbonyl (C=O) groups is 1. The quantitative estimate of drug-likeness (QED) is 0.500. The van der Waals surface area contributed by atoms with E-state index in [1.165, 1.54) is 6.92 Å². The Balaban J connectivity index is 4.68. The summed E-state index contributed by atoms with van der Waals surface area (Å²) in [5.41, 5.74) is -0.321. The van der Waals surface area contributed by atoms with Crippen LogP contribution < -0.4 is 0 Å². The van der Waals surface area contributed by atoms with Gasteiger partial charge in [-0.2, -0.15) is 0 Å². The highest BCUT2D eigenvalue weighted by atomic mass is 16.6. The summed E-state index contributed by atoms with van der Waals surface area (Å²) in [6.45, 7) is 9.70. The van der Waals surface area contributed by atoms with Gasteiger partial charge in [0.1, 0.15) is 5.60 Å². The van der Waals surface area contributed by atoms with Crippen molar-refractivity contribution >= 4 is 5.97 Å². The van der Waals surface area contributed by atoms with Gasteiger partial charge in [-0.1, -0.05) is 32.9 Å². The topological polar surface area (TPSA) is 26.3 Å². The average molecular weight is 198 g/mol. The molecule has 0 aliphatic carbocycles. The molecule has 0 rings (SSSR count). The Morgan fingerprint density at radius 3 is 2.36 bits per heavy atom. The fourth-order valence-corrected chi connectivity index (χ4v) is 1.62. The van der Waals surface area contributed by atoms with Crippen LogP contribution in [0.25, 0.3) is 0 Å². The maximum atomic E-state index is 11.0. The minimum Gasteiger partial charge on any atom is -0.459 e. The Labute approximate surface area is 87.3 Å². The van der Waals surface area contributed by atoms with E-state index in [0.29, 0.717) is 5.92 Å². The van der Waals surface area contributed by atoms with Crippen LogP contribution in [0.15, 0.2) is 12.2 Å². The summed E-state index contributed by atoms with van der Waals surface area (Å²) in [5, 5.41) is 0. The van der Waals surface area contributed by atoms with Crippen molar-refractivity contribution in [3.63, 3.8) is 0 Å². The second-order valence-electron chi connectivity index (χ2n) is 3.94. The molecule has 2 nitrogen and oxygen atoms in total. The van der Waals surface area contributed by atoms with Crippen molar-refractivity contribution < 1.29 is 9.53 Å². The van der Waals surface area contributed by atoms with Crippen LogP contribution >= 0.6 is 0 Å². The summed E-state index contributed by atoms with van der Waals surface area (Å²) in [4.78, 5) is 11.0. The fourth-order valence-electron chi connectivity index (χ4n) is 1.62. The normalized spacial score (nSPS) is 15.9. The lowest BCUT2D eigenvalue weighted by Crippen LogP contribution is -2.38. The number of rotatable bonds is 5. The molecule has 0 aromatic rings. The minimum absolute atomic E-state index is 0.190. The van der Waals surface area contributed by atoms with E-state index in [2.05, 4.69) is 26.8 Å². The molecule has 0 aliphatic heterocycles. The smallest absolute Gasteiger partial charge is 0.303 e. The largest absolute Gasteiger partial charge is 0.459 e. The summed E-state index contributed by atoms with van der Waals surface area (Å²) in [5.74, 6) is 0.151. The Hall–Kier alpha value is -0.790. The van der Waals surface area contributed by atoms with E-state index in [0.717, 1.165) is 12.8 Å². The molecule has 0 N–H and O–H groups in total. The van der Waals surface area contributed by atoms with Crippen LogP contribution in [0.3, 0.4) is 0 Å². The summed E-state index contributed by atoms with van der Waals surface area (Å²) in [7, 11) is 0. The van der Waals surface area contributed by atoms with Gasteiger partial charge in [-0.15, -0.1) is 0 Å². The van der Waals surface area contributed by atoms with Crippen molar-refractivity contribution in [2.75, 3.05) is 0 Å². The average Bonchev–Trinajstić information content (AvgIpc) is 2.11. The van der Waals surface area contributed by atoms with Crippen LogP contribution in [0.2, 0.25) is 0 Å². The monoisotopic (exact) mass is 198 g/mol. The Morgan fingerprint density at radius 1 is 1.50 bits per heavy atom. The molecule has 0 fully saturated rings. The van der Waals surface area contributed by atoms with Crippen molar-refractivity contribution in [1.82, 2.24) is 0 Å². The SMILES string of the molecule is CC=CCC(CC)(OC(C)=O)C(C)C. The molecule has 14 heavy (non-hydrogen) atoms. The van der Waals surface area contributed by atoms with Gasteiger partial charge in [0.2, 0.25) is 0 Å². The van der Waals surface area contributed by atoms with E-state index in [-0.39, 0.29) is 11.6 Å². The van der Waals surface area contributed by atoms with Gasteiger partial charge in [-0.25, -0.2) is 0 Å². The zero-order chi connectivity index (χ0) is 11.2. The number of hydrogen-bond donors (Lipinski definition) is 0. The lowest BCUT2D eigenvalue weighted by molar-refractivity contribution is -0.162. The predicted molar refractivity (Wildman–Crippen MR) is 59.1 cm³/mol. The molecule has 0 radical (unpaired) electrons. The molecule has 0 spiro atoms. The molecule has 2 heteroatoms. The molecule has 0 heterocycles. The first-order chi connectivity index (χ1) is 6.48. The molecular weight excluding hydrogens is 176 g/mol. The lowest BCUT2D eigenvalue weighted by atomic mass is 9.84. The first-order valence-corrected chi connectivity index (χ1v) is 5.29. The van der Waals surface area contributed by atoms with Crippen LogP contribution in [0.5, 0.6) is 0 Å². The Bertz CT molecular complexity index is 206. The second-order valence-corrected chi connectivity index (χ2v) is 3.94. The van der Waals surface area contributed by atoms with Crippen molar-refractivity contribution in [2.24, 2.45) is 5.92 Å². The fraction of sp³-hybridized carbons (Fsp3) is 0.750.